The van der Waals surface area contributed by atoms with Gasteiger partial charge in [-0.25, -0.2) is 0 Å². The van der Waals surface area contributed by atoms with Crippen molar-refractivity contribution < 1.29 is 0 Å². The lowest BCUT2D eigenvalue weighted by atomic mass is 10.1. The van der Waals surface area contributed by atoms with E-state index in [0.717, 1.165) is 0 Å². The van der Waals surface area contributed by atoms with E-state index in [1.54, 1.807) is 0 Å². The van der Waals surface area contributed by atoms with E-state index < -0.39 is 0 Å². The van der Waals surface area contributed by atoms with Gasteiger partial charge in [0.2, 0.25) is 0 Å². The van der Waals surface area contributed by atoms with Crippen molar-refractivity contribution in [2.45, 2.75) is 23.1 Å². The highest BCUT2D eigenvalue weighted by atomic mass is 32.2. The van der Waals surface area contributed by atoms with Crippen LogP contribution in [0, 0.1) is 0 Å². The number of aromatic nitrogens is 1. The van der Waals surface area contributed by atoms with E-state index in [-0.39, 0.29) is 0 Å². The molecule has 2 aromatic carbocycles. The standard InChI is InChI=1S/C17H15NS/c1-12-17(14-6-3-2-4-7-14)19-15-9-5-8-13-10-11-18(12)16(13)15/h2-12,17H,1H3. The van der Waals surface area contributed by atoms with Crippen LogP contribution < -0.4 is 0 Å². The predicted molar refractivity (Wildman–Crippen MR) is 81.7 cm³/mol. The Balaban J connectivity index is 1.89. The van der Waals surface area contributed by atoms with E-state index >= 15 is 0 Å². The molecular weight excluding hydrogens is 250 g/mol. The van der Waals surface area contributed by atoms with E-state index in [1.807, 2.05) is 11.8 Å². The molecule has 94 valence electrons. The van der Waals surface area contributed by atoms with Gasteiger partial charge in [-0.1, -0.05) is 42.5 Å². The fraction of sp³-hybridized carbons (Fsp3) is 0.176. The maximum absolute atomic E-state index is 2.43. The Hall–Kier alpha value is -1.67. The number of hydrogen-bond donors (Lipinski definition) is 0. The molecule has 3 aromatic rings. The zero-order valence-corrected chi connectivity index (χ0v) is 11.6. The Morgan fingerprint density at radius 3 is 2.63 bits per heavy atom. The molecule has 4 rings (SSSR count). The van der Waals surface area contributed by atoms with Crippen LogP contribution in [-0.2, 0) is 0 Å². The van der Waals surface area contributed by atoms with Crippen molar-refractivity contribution in [3.8, 4) is 0 Å². The maximum Gasteiger partial charge on any atom is 0.0621 e. The molecule has 1 aliphatic rings. The molecule has 0 bridgehead atoms. The fourth-order valence-electron chi connectivity index (χ4n) is 2.99. The number of rotatable bonds is 1. The summed E-state index contributed by atoms with van der Waals surface area (Å²) >= 11 is 1.99. The van der Waals surface area contributed by atoms with Crippen molar-refractivity contribution in [3.63, 3.8) is 0 Å². The van der Waals surface area contributed by atoms with Crippen LogP contribution in [-0.4, -0.2) is 4.57 Å². The average molecular weight is 265 g/mol. The van der Waals surface area contributed by atoms with Gasteiger partial charge in [-0.2, -0.15) is 0 Å². The van der Waals surface area contributed by atoms with Crippen LogP contribution in [0.1, 0.15) is 23.8 Å². The minimum Gasteiger partial charge on any atom is -0.342 e. The van der Waals surface area contributed by atoms with Gasteiger partial charge in [-0.05, 0) is 24.6 Å². The van der Waals surface area contributed by atoms with Gasteiger partial charge in [-0.3, -0.25) is 0 Å². The summed E-state index contributed by atoms with van der Waals surface area (Å²) < 4.78 is 2.43. The number of para-hydroxylation sites is 1. The molecule has 19 heavy (non-hydrogen) atoms. The van der Waals surface area contributed by atoms with E-state index in [9.17, 15) is 0 Å². The normalized spacial score (nSPS) is 21.7. The van der Waals surface area contributed by atoms with Gasteiger partial charge >= 0.3 is 0 Å². The highest BCUT2D eigenvalue weighted by molar-refractivity contribution is 7.99. The van der Waals surface area contributed by atoms with Crippen molar-refractivity contribution in [2.24, 2.45) is 0 Å². The maximum atomic E-state index is 2.43. The van der Waals surface area contributed by atoms with E-state index in [2.05, 4.69) is 72.3 Å². The third-order valence-corrected chi connectivity index (χ3v) is 5.47. The molecule has 2 heterocycles. The lowest BCUT2D eigenvalue weighted by Gasteiger charge is -2.31. The summed E-state index contributed by atoms with van der Waals surface area (Å²) in [4.78, 5) is 1.40. The second kappa shape index (κ2) is 4.17. The second-order valence-electron chi connectivity index (χ2n) is 5.11. The van der Waals surface area contributed by atoms with Crippen LogP contribution in [0.15, 0.2) is 65.7 Å². The largest absolute Gasteiger partial charge is 0.342 e. The molecule has 1 nitrogen and oxygen atoms in total. The van der Waals surface area contributed by atoms with Crippen molar-refractivity contribution in [1.82, 2.24) is 4.57 Å². The van der Waals surface area contributed by atoms with E-state index in [1.165, 1.54) is 21.4 Å². The molecule has 0 spiro atoms. The Bertz CT molecular complexity index is 729. The lowest BCUT2D eigenvalue weighted by Crippen LogP contribution is -2.15. The van der Waals surface area contributed by atoms with Gasteiger partial charge in [0.15, 0.2) is 0 Å². The minimum absolute atomic E-state index is 0.486. The first-order chi connectivity index (χ1) is 9.34. The second-order valence-corrected chi connectivity index (χ2v) is 6.29. The molecule has 0 fully saturated rings. The SMILES string of the molecule is CC1C(c2ccccc2)Sc2cccc3ccn1c23. The van der Waals surface area contributed by atoms with Crippen LogP contribution in [0.25, 0.3) is 10.9 Å². The summed E-state index contributed by atoms with van der Waals surface area (Å²) in [5.74, 6) is 0. The molecule has 0 radical (unpaired) electrons. The third-order valence-electron chi connectivity index (χ3n) is 3.96. The minimum atomic E-state index is 0.486. The summed E-state index contributed by atoms with van der Waals surface area (Å²) in [6.45, 7) is 2.32. The van der Waals surface area contributed by atoms with Gasteiger partial charge in [0, 0.05) is 22.5 Å². The van der Waals surface area contributed by atoms with Crippen LogP contribution in [0.4, 0.5) is 0 Å². The van der Waals surface area contributed by atoms with Crippen molar-refractivity contribution in [2.75, 3.05) is 0 Å². The molecule has 0 aliphatic carbocycles. The van der Waals surface area contributed by atoms with Gasteiger partial charge in [0.05, 0.1) is 10.8 Å². The Morgan fingerprint density at radius 2 is 1.79 bits per heavy atom. The summed E-state index contributed by atoms with van der Waals surface area (Å²) in [6.07, 6.45) is 2.23. The highest BCUT2D eigenvalue weighted by Gasteiger charge is 2.28. The number of thioether (sulfide) groups is 1. The van der Waals surface area contributed by atoms with Crippen LogP contribution in [0.5, 0.6) is 0 Å². The van der Waals surface area contributed by atoms with Gasteiger partial charge in [-0.15, -0.1) is 11.8 Å². The topological polar surface area (TPSA) is 4.93 Å². The summed E-state index contributed by atoms with van der Waals surface area (Å²) in [5, 5.41) is 1.84. The van der Waals surface area contributed by atoms with E-state index in [0.29, 0.717) is 11.3 Å². The molecule has 1 aromatic heterocycles. The molecule has 2 heteroatoms. The Labute approximate surface area is 117 Å². The van der Waals surface area contributed by atoms with Crippen LogP contribution in [0.3, 0.4) is 0 Å². The molecular formula is C17H15NS. The first-order valence-corrected chi connectivity index (χ1v) is 7.54. The number of nitrogens with zero attached hydrogens (tertiary/aromatic N) is 1. The summed E-state index contributed by atoms with van der Waals surface area (Å²) in [6, 6.07) is 20.1. The molecule has 0 N–H and O–H groups in total. The van der Waals surface area contributed by atoms with Crippen molar-refractivity contribution in [3.05, 3.63) is 66.4 Å². The van der Waals surface area contributed by atoms with E-state index in [4.69, 9.17) is 0 Å². The summed E-state index contributed by atoms with van der Waals surface area (Å²) in [5.41, 5.74) is 2.81. The molecule has 1 aliphatic heterocycles. The van der Waals surface area contributed by atoms with Crippen molar-refractivity contribution in [1.29, 1.82) is 0 Å². The first-order valence-electron chi connectivity index (χ1n) is 6.66. The molecule has 0 amide bonds. The lowest BCUT2D eigenvalue weighted by molar-refractivity contribution is 0.543. The average Bonchev–Trinajstić information content (AvgIpc) is 2.89. The van der Waals surface area contributed by atoms with Gasteiger partial charge < -0.3 is 4.57 Å². The molecule has 0 saturated carbocycles. The quantitative estimate of drug-likeness (QED) is 0.596. The monoisotopic (exact) mass is 265 g/mol. The van der Waals surface area contributed by atoms with Crippen molar-refractivity contribution >= 4 is 22.7 Å². The number of hydrogen-bond acceptors (Lipinski definition) is 1. The van der Waals surface area contributed by atoms with Gasteiger partial charge in [0.1, 0.15) is 0 Å². The summed E-state index contributed by atoms with van der Waals surface area (Å²) in [7, 11) is 0. The molecule has 0 saturated heterocycles. The Morgan fingerprint density at radius 1 is 0.947 bits per heavy atom. The highest BCUT2D eigenvalue weighted by Crippen LogP contribution is 2.50. The Kier molecular flexibility index (Phi) is 2.46. The fourth-order valence-corrected chi connectivity index (χ4v) is 4.38. The predicted octanol–water partition coefficient (Wildman–Crippen LogP) is 5.05. The zero-order valence-electron chi connectivity index (χ0n) is 10.8. The van der Waals surface area contributed by atoms with Crippen LogP contribution >= 0.6 is 11.8 Å². The smallest absolute Gasteiger partial charge is 0.0621 e. The van der Waals surface area contributed by atoms with Gasteiger partial charge in [0.25, 0.3) is 0 Å². The van der Waals surface area contributed by atoms with Crippen LogP contribution in [0.2, 0.25) is 0 Å². The third kappa shape index (κ3) is 1.63. The first kappa shape index (κ1) is 11.2. The molecule has 2 unspecified atom stereocenters. The number of benzene rings is 2. The zero-order chi connectivity index (χ0) is 12.8. The molecule has 2 atom stereocenters.